The second-order valence-electron chi connectivity index (χ2n) is 5.43. The lowest BCUT2D eigenvalue weighted by Crippen LogP contribution is -2.25. The second-order valence-corrected chi connectivity index (χ2v) is 5.74. The van der Waals surface area contributed by atoms with Gasteiger partial charge >= 0.3 is 6.61 Å². The number of carbonyl (C=O) groups is 1. The van der Waals surface area contributed by atoms with Crippen LogP contribution in [0.5, 0.6) is 11.6 Å². The largest absolute Gasteiger partial charge is 0.493 e. The van der Waals surface area contributed by atoms with E-state index in [2.05, 4.69) is 42.9 Å². The Morgan fingerprint density at radius 2 is 2.21 bits per heavy atom. The fourth-order valence-electron chi connectivity index (χ4n) is 2.41. The van der Waals surface area contributed by atoms with Crippen molar-refractivity contribution in [2.45, 2.75) is 12.4 Å². The summed E-state index contributed by atoms with van der Waals surface area (Å²) in [6.07, 6.45) is 1.69. The third-order valence-electron chi connectivity index (χ3n) is 3.61. The van der Waals surface area contributed by atoms with E-state index in [1.54, 1.807) is 6.08 Å². The van der Waals surface area contributed by atoms with E-state index >= 15 is 0 Å². The normalized spacial score (nSPS) is 12.9. The van der Waals surface area contributed by atoms with Gasteiger partial charge in [-0.15, -0.1) is 0 Å². The number of hydrogen-bond donors (Lipinski definition) is 4. The smallest absolute Gasteiger partial charge is 0.387 e. The molecule has 3 rings (SSSR count). The Hall–Kier alpha value is -3.28. The van der Waals surface area contributed by atoms with Gasteiger partial charge in [0.15, 0.2) is 5.56 Å². The standard InChI is InChI=1S/C16H13F2N5O4S/c17-16(18)27-10-5-7(8-3-4-19-23-8)1-2-9(10)20-13(24)12-14(25)21-11(6-28)22-15(12)26/h1-3,5,16,28H,4,6H2,(H,20,24)(H2,21,22,25,26). The molecule has 2 aromatic rings. The number of aromatic amines is 1. The molecule has 1 amide bonds. The Morgan fingerprint density at radius 3 is 2.82 bits per heavy atom. The molecule has 28 heavy (non-hydrogen) atoms. The Morgan fingerprint density at radius 1 is 1.43 bits per heavy atom. The van der Waals surface area contributed by atoms with Gasteiger partial charge in [-0.05, 0) is 18.2 Å². The summed E-state index contributed by atoms with van der Waals surface area (Å²) in [5.74, 6) is -2.11. The number of nitrogens with one attached hydrogen (secondary N) is 2. The van der Waals surface area contributed by atoms with Crippen molar-refractivity contribution in [3.05, 3.63) is 51.6 Å². The highest BCUT2D eigenvalue weighted by Crippen LogP contribution is 2.32. The van der Waals surface area contributed by atoms with E-state index in [9.17, 15) is 23.5 Å². The van der Waals surface area contributed by atoms with Gasteiger partial charge in [0.1, 0.15) is 11.6 Å². The molecule has 0 unspecified atom stereocenters. The highest BCUT2D eigenvalue weighted by atomic mass is 32.1. The zero-order valence-corrected chi connectivity index (χ0v) is 14.9. The first-order valence-corrected chi connectivity index (χ1v) is 8.43. The molecule has 1 aliphatic heterocycles. The van der Waals surface area contributed by atoms with Crippen molar-refractivity contribution >= 4 is 29.9 Å². The van der Waals surface area contributed by atoms with Crippen LogP contribution in [0.2, 0.25) is 0 Å². The van der Waals surface area contributed by atoms with Crippen LogP contribution in [0.15, 0.2) is 39.3 Å². The second kappa shape index (κ2) is 8.17. The fourth-order valence-corrected chi connectivity index (χ4v) is 2.56. The topological polar surface area (TPSA) is 129 Å². The lowest BCUT2D eigenvalue weighted by Gasteiger charge is -2.13. The van der Waals surface area contributed by atoms with Crippen molar-refractivity contribution in [2.75, 3.05) is 11.9 Å². The number of rotatable bonds is 6. The van der Waals surface area contributed by atoms with Crippen LogP contribution in [0.1, 0.15) is 21.7 Å². The Balaban J connectivity index is 1.94. The number of thiol groups is 1. The van der Waals surface area contributed by atoms with Crippen LogP contribution >= 0.6 is 12.6 Å². The fraction of sp³-hybridized carbons (Fsp3) is 0.188. The molecule has 9 nitrogen and oxygen atoms in total. The molecule has 3 N–H and O–H groups in total. The highest BCUT2D eigenvalue weighted by molar-refractivity contribution is 7.79. The van der Waals surface area contributed by atoms with Crippen molar-refractivity contribution in [3.8, 4) is 11.6 Å². The van der Waals surface area contributed by atoms with Gasteiger partial charge in [-0.2, -0.15) is 36.6 Å². The van der Waals surface area contributed by atoms with Crippen LogP contribution in [-0.4, -0.2) is 34.1 Å². The maximum atomic E-state index is 12.8. The van der Waals surface area contributed by atoms with Crippen LogP contribution < -0.4 is 15.6 Å². The average Bonchev–Trinajstić information content (AvgIpc) is 3.16. The average molecular weight is 409 g/mol. The highest BCUT2D eigenvalue weighted by Gasteiger charge is 2.21. The molecule has 146 valence electrons. The SMILES string of the molecule is O=C(Nc1ccc(C2=CCN=N2)cc1OC(F)F)c1c(O)nc(CS)[nH]c1=O. The summed E-state index contributed by atoms with van der Waals surface area (Å²) in [6.45, 7) is -2.78. The molecule has 0 bridgehead atoms. The zero-order valence-electron chi connectivity index (χ0n) is 14.0. The van der Waals surface area contributed by atoms with Crippen LogP contribution in [0.4, 0.5) is 14.5 Å². The molecular weight excluding hydrogens is 396 g/mol. The summed E-state index contributed by atoms with van der Waals surface area (Å²) >= 11 is 3.91. The van der Waals surface area contributed by atoms with Crippen molar-refractivity contribution in [1.29, 1.82) is 0 Å². The summed E-state index contributed by atoms with van der Waals surface area (Å²) in [4.78, 5) is 30.3. The minimum absolute atomic E-state index is 0.0335. The Labute approximate surface area is 161 Å². The molecule has 12 heteroatoms. The van der Waals surface area contributed by atoms with Gasteiger partial charge in [-0.25, -0.2) is 0 Å². The minimum Gasteiger partial charge on any atom is -0.493 e. The predicted octanol–water partition coefficient (Wildman–Crippen LogP) is 2.57. The Kier molecular flexibility index (Phi) is 5.68. The molecular formula is C16H13F2N5O4S. The first kappa shape index (κ1) is 19.5. The first-order chi connectivity index (χ1) is 13.4. The monoisotopic (exact) mass is 409 g/mol. The number of benzene rings is 1. The summed E-state index contributed by atoms with van der Waals surface area (Å²) in [7, 11) is 0. The number of carbonyl (C=O) groups excluding carboxylic acids is 1. The van der Waals surface area contributed by atoms with Crippen LogP contribution in [0.3, 0.4) is 0 Å². The predicted molar refractivity (Wildman–Crippen MR) is 97.9 cm³/mol. The number of anilines is 1. The third-order valence-corrected chi connectivity index (χ3v) is 3.91. The summed E-state index contributed by atoms with van der Waals surface area (Å²) in [6, 6.07) is 4.07. The van der Waals surface area contributed by atoms with Gasteiger partial charge < -0.3 is 20.1 Å². The molecule has 0 atom stereocenters. The number of hydrogen-bond acceptors (Lipinski definition) is 8. The molecule has 0 radical (unpaired) electrons. The summed E-state index contributed by atoms with van der Waals surface area (Å²) in [5.41, 5.74) is -0.793. The van der Waals surface area contributed by atoms with Crippen molar-refractivity contribution < 1.29 is 23.4 Å². The molecule has 0 spiro atoms. The van der Waals surface area contributed by atoms with Gasteiger partial charge in [0, 0.05) is 11.3 Å². The van der Waals surface area contributed by atoms with Crippen molar-refractivity contribution in [1.82, 2.24) is 9.97 Å². The maximum Gasteiger partial charge on any atom is 0.387 e. The van der Waals surface area contributed by atoms with E-state index in [1.807, 2.05) is 0 Å². The van der Waals surface area contributed by atoms with Gasteiger partial charge in [0.2, 0.25) is 5.88 Å². The maximum absolute atomic E-state index is 12.8. The van der Waals surface area contributed by atoms with Crippen LogP contribution in [0, 0.1) is 0 Å². The minimum atomic E-state index is -3.15. The van der Waals surface area contributed by atoms with Crippen molar-refractivity contribution in [2.24, 2.45) is 10.2 Å². The van der Waals surface area contributed by atoms with E-state index in [0.717, 1.165) is 0 Å². The number of H-pyrrole nitrogens is 1. The van der Waals surface area contributed by atoms with E-state index in [4.69, 9.17) is 0 Å². The van der Waals surface area contributed by atoms with Gasteiger partial charge in [0.25, 0.3) is 11.5 Å². The van der Waals surface area contributed by atoms with Gasteiger partial charge in [0.05, 0.1) is 17.9 Å². The van der Waals surface area contributed by atoms with Crippen molar-refractivity contribution in [3.63, 3.8) is 0 Å². The molecule has 0 saturated heterocycles. The first-order valence-electron chi connectivity index (χ1n) is 7.80. The molecule has 1 aromatic carbocycles. The summed E-state index contributed by atoms with van der Waals surface area (Å²) in [5, 5.41) is 19.7. The van der Waals surface area contributed by atoms with E-state index in [1.165, 1.54) is 18.2 Å². The van der Waals surface area contributed by atoms with E-state index in [-0.39, 0.29) is 23.0 Å². The summed E-state index contributed by atoms with van der Waals surface area (Å²) < 4.78 is 30.0. The third kappa shape index (κ3) is 4.17. The van der Waals surface area contributed by atoms with E-state index in [0.29, 0.717) is 17.8 Å². The molecule has 0 saturated carbocycles. The number of ether oxygens (including phenoxy) is 1. The molecule has 0 fully saturated rings. The number of azo groups is 1. The molecule has 1 aliphatic rings. The number of halogens is 2. The lowest BCUT2D eigenvalue weighted by molar-refractivity contribution is -0.0493. The zero-order chi connectivity index (χ0) is 20.3. The molecule has 2 heterocycles. The molecule has 1 aromatic heterocycles. The number of aromatic hydroxyl groups is 1. The van der Waals surface area contributed by atoms with Gasteiger partial charge in [-0.1, -0.05) is 6.07 Å². The quantitative estimate of drug-likeness (QED) is 0.545. The number of amides is 1. The number of alkyl halides is 2. The number of aromatic nitrogens is 2. The van der Waals surface area contributed by atoms with Gasteiger partial charge in [-0.3, -0.25) is 9.59 Å². The van der Waals surface area contributed by atoms with Crippen LogP contribution in [-0.2, 0) is 5.75 Å². The Bertz CT molecular complexity index is 1040. The lowest BCUT2D eigenvalue weighted by atomic mass is 10.1. The van der Waals surface area contributed by atoms with Crippen LogP contribution in [0.25, 0.3) is 5.70 Å². The molecule has 0 aliphatic carbocycles. The number of nitrogens with zero attached hydrogens (tertiary/aromatic N) is 3. The van der Waals surface area contributed by atoms with E-state index < -0.39 is 29.5 Å².